The molecule has 1 aliphatic rings. The number of imidazole rings is 1. The standard InChI is InChI=1S/C19H26N4O2/c1-19(2,3)25-18(24)23-12-9-15(13-23)22-16(17-20-10-11-21-17)14-7-5-4-6-8-14/h4-8,10-11,15-16,22H,9,12-13H2,1-3H3,(H,20,21)/t15-,16-/m0/s1. The quantitative estimate of drug-likeness (QED) is 0.896. The number of aromatic amines is 1. The molecule has 0 radical (unpaired) electrons. The third kappa shape index (κ3) is 4.60. The Labute approximate surface area is 148 Å². The number of hydrogen-bond donors (Lipinski definition) is 2. The van der Waals surface area contributed by atoms with Gasteiger partial charge < -0.3 is 14.6 Å². The summed E-state index contributed by atoms with van der Waals surface area (Å²) in [7, 11) is 0. The Balaban J connectivity index is 1.67. The van der Waals surface area contributed by atoms with Gasteiger partial charge >= 0.3 is 6.09 Å². The van der Waals surface area contributed by atoms with Crippen LogP contribution in [0.2, 0.25) is 0 Å². The lowest BCUT2D eigenvalue weighted by atomic mass is 10.0. The molecule has 0 unspecified atom stereocenters. The molecule has 0 saturated carbocycles. The second-order valence-electron chi connectivity index (χ2n) is 7.40. The summed E-state index contributed by atoms with van der Waals surface area (Å²) in [5, 5.41) is 3.64. The van der Waals surface area contributed by atoms with Crippen molar-refractivity contribution in [3.05, 3.63) is 54.1 Å². The van der Waals surface area contributed by atoms with Gasteiger partial charge in [-0.3, -0.25) is 5.32 Å². The fraction of sp³-hybridized carbons (Fsp3) is 0.474. The molecule has 1 aromatic carbocycles. The fourth-order valence-electron chi connectivity index (χ4n) is 3.04. The highest BCUT2D eigenvalue weighted by molar-refractivity contribution is 5.68. The van der Waals surface area contributed by atoms with Crippen LogP contribution in [-0.2, 0) is 4.74 Å². The van der Waals surface area contributed by atoms with Crippen molar-refractivity contribution in [3.63, 3.8) is 0 Å². The van der Waals surface area contributed by atoms with Gasteiger partial charge in [-0.05, 0) is 32.8 Å². The largest absolute Gasteiger partial charge is 0.444 e. The van der Waals surface area contributed by atoms with Gasteiger partial charge in [0.25, 0.3) is 0 Å². The minimum Gasteiger partial charge on any atom is -0.444 e. The van der Waals surface area contributed by atoms with Crippen molar-refractivity contribution < 1.29 is 9.53 Å². The van der Waals surface area contributed by atoms with E-state index in [1.54, 1.807) is 11.1 Å². The van der Waals surface area contributed by atoms with Gasteiger partial charge in [-0.2, -0.15) is 0 Å². The van der Waals surface area contributed by atoms with Crippen molar-refractivity contribution in [1.29, 1.82) is 0 Å². The van der Waals surface area contributed by atoms with E-state index < -0.39 is 5.60 Å². The topological polar surface area (TPSA) is 70.2 Å². The number of aromatic nitrogens is 2. The van der Waals surface area contributed by atoms with E-state index in [0.717, 1.165) is 17.8 Å². The van der Waals surface area contributed by atoms with Crippen LogP contribution < -0.4 is 5.32 Å². The van der Waals surface area contributed by atoms with Crippen LogP contribution >= 0.6 is 0 Å². The average molecular weight is 342 g/mol. The molecule has 2 N–H and O–H groups in total. The number of nitrogens with zero attached hydrogens (tertiary/aromatic N) is 2. The van der Waals surface area contributed by atoms with Crippen molar-refractivity contribution in [2.75, 3.05) is 13.1 Å². The highest BCUT2D eigenvalue weighted by Gasteiger charge is 2.31. The Morgan fingerprint density at radius 2 is 2.12 bits per heavy atom. The van der Waals surface area contributed by atoms with Crippen molar-refractivity contribution >= 4 is 6.09 Å². The number of H-pyrrole nitrogens is 1. The van der Waals surface area contributed by atoms with Crippen molar-refractivity contribution in [2.45, 2.75) is 44.9 Å². The molecule has 1 amide bonds. The summed E-state index contributed by atoms with van der Waals surface area (Å²) in [5.74, 6) is 0.877. The first-order chi connectivity index (χ1) is 11.9. The smallest absolute Gasteiger partial charge is 0.410 e. The summed E-state index contributed by atoms with van der Waals surface area (Å²) in [5.41, 5.74) is 0.678. The van der Waals surface area contributed by atoms with E-state index in [0.29, 0.717) is 13.1 Å². The molecule has 1 saturated heterocycles. The van der Waals surface area contributed by atoms with Crippen LogP contribution in [0, 0.1) is 0 Å². The van der Waals surface area contributed by atoms with E-state index in [1.807, 2.05) is 45.2 Å². The number of nitrogens with one attached hydrogen (secondary N) is 2. The lowest BCUT2D eigenvalue weighted by molar-refractivity contribution is 0.0290. The van der Waals surface area contributed by atoms with Gasteiger partial charge in [-0.1, -0.05) is 30.3 Å². The summed E-state index contributed by atoms with van der Waals surface area (Å²) in [6, 6.07) is 10.4. The number of hydrogen-bond acceptors (Lipinski definition) is 4. The molecule has 134 valence electrons. The van der Waals surface area contributed by atoms with Crippen molar-refractivity contribution in [3.8, 4) is 0 Å². The monoisotopic (exact) mass is 342 g/mol. The summed E-state index contributed by atoms with van der Waals surface area (Å²) >= 11 is 0. The summed E-state index contributed by atoms with van der Waals surface area (Å²) in [4.78, 5) is 21.6. The first-order valence-electron chi connectivity index (χ1n) is 8.70. The Hall–Kier alpha value is -2.34. The number of likely N-dealkylation sites (tertiary alicyclic amines) is 1. The van der Waals surface area contributed by atoms with Crippen LogP contribution in [0.15, 0.2) is 42.7 Å². The minimum atomic E-state index is -0.469. The molecule has 1 aliphatic heterocycles. The van der Waals surface area contributed by atoms with Crippen LogP contribution in [0.5, 0.6) is 0 Å². The average Bonchev–Trinajstić information content (AvgIpc) is 3.23. The van der Waals surface area contributed by atoms with Gasteiger partial charge in [-0.25, -0.2) is 9.78 Å². The molecule has 3 rings (SSSR count). The minimum absolute atomic E-state index is 0.0280. The van der Waals surface area contributed by atoms with Crippen LogP contribution in [-0.4, -0.2) is 45.7 Å². The van der Waals surface area contributed by atoms with E-state index in [-0.39, 0.29) is 18.2 Å². The molecule has 25 heavy (non-hydrogen) atoms. The third-order valence-corrected chi connectivity index (χ3v) is 4.17. The van der Waals surface area contributed by atoms with Gasteiger partial charge in [0.2, 0.25) is 0 Å². The number of carbonyl (C=O) groups is 1. The zero-order chi connectivity index (χ0) is 17.9. The van der Waals surface area contributed by atoms with E-state index in [1.165, 1.54) is 0 Å². The molecular formula is C19H26N4O2. The van der Waals surface area contributed by atoms with Crippen LogP contribution in [0.25, 0.3) is 0 Å². The molecule has 2 aromatic rings. The Morgan fingerprint density at radius 3 is 2.76 bits per heavy atom. The second kappa shape index (κ2) is 7.27. The molecule has 6 nitrogen and oxygen atoms in total. The van der Waals surface area contributed by atoms with E-state index in [4.69, 9.17) is 4.74 Å². The summed E-state index contributed by atoms with van der Waals surface area (Å²) in [6.07, 6.45) is 4.23. The van der Waals surface area contributed by atoms with E-state index >= 15 is 0 Å². The molecular weight excluding hydrogens is 316 g/mol. The summed E-state index contributed by atoms with van der Waals surface area (Å²) < 4.78 is 5.47. The molecule has 0 spiro atoms. The van der Waals surface area contributed by atoms with E-state index in [2.05, 4.69) is 27.4 Å². The second-order valence-corrected chi connectivity index (χ2v) is 7.40. The van der Waals surface area contributed by atoms with Gasteiger partial charge in [0.05, 0.1) is 6.04 Å². The normalized spacial score (nSPS) is 19.0. The van der Waals surface area contributed by atoms with Gasteiger partial charge in [-0.15, -0.1) is 0 Å². The predicted molar refractivity (Wildman–Crippen MR) is 96.2 cm³/mol. The Bertz CT molecular complexity index is 679. The molecule has 6 heteroatoms. The molecule has 0 bridgehead atoms. The highest BCUT2D eigenvalue weighted by Crippen LogP contribution is 2.22. The fourth-order valence-corrected chi connectivity index (χ4v) is 3.04. The molecule has 1 aromatic heterocycles. The van der Waals surface area contributed by atoms with Gasteiger partial charge in [0, 0.05) is 31.5 Å². The summed E-state index contributed by atoms with van der Waals surface area (Å²) in [6.45, 7) is 7.00. The lowest BCUT2D eigenvalue weighted by Gasteiger charge is -2.25. The maximum atomic E-state index is 12.2. The number of amides is 1. The Kier molecular flexibility index (Phi) is 5.08. The number of carbonyl (C=O) groups excluding carboxylic acids is 1. The molecule has 0 aliphatic carbocycles. The zero-order valence-electron chi connectivity index (χ0n) is 15.0. The Morgan fingerprint density at radius 1 is 1.36 bits per heavy atom. The maximum Gasteiger partial charge on any atom is 0.410 e. The van der Waals surface area contributed by atoms with Gasteiger partial charge in [0.15, 0.2) is 0 Å². The van der Waals surface area contributed by atoms with E-state index in [9.17, 15) is 4.79 Å². The lowest BCUT2D eigenvalue weighted by Crippen LogP contribution is -2.39. The highest BCUT2D eigenvalue weighted by atomic mass is 16.6. The van der Waals surface area contributed by atoms with Crippen molar-refractivity contribution in [2.24, 2.45) is 0 Å². The number of rotatable bonds is 4. The third-order valence-electron chi connectivity index (χ3n) is 4.17. The number of ether oxygens (including phenoxy) is 1. The maximum absolute atomic E-state index is 12.2. The van der Waals surface area contributed by atoms with Crippen molar-refractivity contribution in [1.82, 2.24) is 20.2 Å². The first-order valence-corrected chi connectivity index (χ1v) is 8.70. The zero-order valence-corrected chi connectivity index (χ0v) is 15.0. The predicted octanol–water partition coefficient (Wildman–Crippen LogP) is 3.10. The first kappa shape index (κ1) is 17.5. The molecule has 1 fully saturated rings. The van der Waals surface area contributed by atoms with Crippen LogP contribution in [0.4, 0.5) is 4.79 Å². The van der Waals surface area contributed by atoms with Crippen LogP contribution in [0.1, 0.15) is 44.6 Å². The van der Waals surface area contributed by atoms with Crippen LogP contribution in [0.3, 0.4) is 0 Å². The SMILES string of the molecule is CC(C)(C)OC(=O)N1CC[C@H](N[C@@H](c2ccccc2)c2ncc[nH]2)C1. The molecule has 2 heterocycles. The van der Waals surface area contributed by atoms with Gasteiger partial charge in [0.1, 0.15) is 11.4 Å². The number of benzene rings is 1. The molecule has 2 atom stereocenters.